The summed E-state index contributed by atoms with van der Waals surface area (Å²) in [6.07, 6.45) is 1.73. The highest BCUT2D eigenvalue weighted by Crippen LogP contribution is 2.25. The quantitative estimate of drug-likeness (QED) is 0.864. The van der Waals surface area contributed by atoms with E-state index >= 15 is 0 Å². The summed E-state index contributed by atoms with van der Waals surface area (Å²) in [5.41, 5.74) is 2.04. The first-order chi connectivity index (χ1) is 9.11. The molecule has 0 aliphatic heterocycles. The number of phenols is 1. The highest BCUT2D eigenvalue weighted by molar-refractivity contribution is 5.37. The van der Waals surface area contributed by atoms with E-state index in [2.05, 4.69) is 22.4 Å². The number of benzene rings is 1. The molecule has 0 aliphatic rings. The zero-order valence-electron chi connectivity index (χ0n) is 11.6. The Morgan fingerprint density at radius 1 is 1.42 bits per heavy atom. The third-order valence-electron chi connectivity index (χ3n) is 3.25. The van der Waals surface area contributed by atoms with Crippen molar-refractivity contribution in [1.29, 1.82) is 0 Å². The molecule has 0 aliphatic carbocycles. The fraction of sp³-hybridized carbons (Fsp3) is 0.429. The van der Waals surface area contributed by atoms with Crippen LogP contribution in [0.15, 0.2) is 24.5 Å². The summed E-state index contributed by atoms with van der Waals surface area (Å²) in [6, 6.07) is 5.69. The Hall–Kier alpha value is -1.88. The molecule has 0 bridgehead atoms. The van der Waals surface area contributed by atoms with Crippen LogP contribution in [-0.4, -0.2) is 19.9 Å². The lowest BCUT2D eigenvalue weighted by Crippen LogP contribution is -2.20. The summed E-state index contributed by atoms with van der Waals surface area (Å²) in [6.45, 7) is 7.59. The predicted octanol–water partition coefficient (Wildman–Crippen LogP) is 2.16. The van der Waals surface area contributed by atoms with Crippen molar-refractivity contribution in [3.63, 3.8) is 0 Å². The Balaban J connectivity index is 2.05. The zero-order valence-corrected chi connectivity index (χ0v) is 11.6. The Kier molecular flexibility index (Phi) is 4.16. The van der Waals surface area contributed by atoms with Gasteiger partial charge in [-0.1, -0.05) is 17.7 Å². The topological polar surface area (TPSA) is 63.0 Å². The number of hydrogen-bond acceptors (Lipinski definition) is 4. The lowest BCUT2D eigenvalue weighted by atomic mass is 10.0. The monoisotopic (exact) mass is 260 g/mol. The number of aromatic nitrogens is 3. The van der Waals surface area contributed by atoms with Gasteiger partial charge in [-0.05, 0) is 26.8 Å². The molecule has 1 atom stereocenters. The lowest BCUT2D eigenvalue weighted by molar-refractivity contribution is 0.449. The smallest absolute Gasteiger partial charge is 0.146 e. The largest absolute Gasteiger partial charge is 0.508 e. The molecule has 2 rings (SSSR count). The number of nitrogens with zero attached hydrogens (tertiary/aromatic N) is 3. The third-order valence-corrected chi connectivity index (χ3v) is 3.25. The van der Waals surface area contributed by atoms with Gasteiger partial charge in [0.1, 0.15) is 17.9 Å². The van der Waals surface area contributed by atoms with Crippen molar-refractivity contribution in [1.82, 2.24) is 20.1 Å². The number of aryl methyl sites for hydroxylation is 2. The SMILES string of the molecule is CCn1cnnc1CNC(C)c1cc(C)ccc1O. The number of nitrogens with one attached hydrogen (secondary N) is 1. The average Bonchev–Trinajstić information content (AvgIpc) is 2.86. The van der Waals surface area contributed by atoms with Crippen LogP contribution in [0.25, 0.3) is 0 Å². The van der Waals surface area contributed by atoms with Crippen LogP contribution in [0.3, 0.4) is 0 Å². The van der Waals surface area contributed by atoms with E-state index in [-0.39, 0.29) is 6.04 Å². The maximum atomic E-state index is 9.89. The molecule has 1 aromatic heterocycles. The Bertz CT molecular complexity index is 550. The Morgan fingerprint density at radius 2 is 2.21 bits per heavy atom. The van der Waals surface area contributed by atoms with Crippen molar-refractivity contribution in [3.05, 3.63) is 41.5 Å². The molecule has 0 saturated heterocycles. The van der Waals surface area contributed by atoms with Crippen LogP contribution in [0, 0.1) is 6.92 Å². The van der Waals surface area contributed by atoms with Gasteiger partial charge in [0.05, 0.1) is 6.54 Å². The second-order valence-corrected chi connectivity index (χ2v) is 4.70. The van der Waals surface area contributed by atoms with Crippen LogP contribution in [-0.2, 0) is 13.1 Å². The Morgan fingerprint density at radius 3 is 2.95 bits per heavy atom. The normalized spacial score (nSPS) is 12.6. The second kappa shape index (κ2) is 5.84. The van der Waals surface area contributed by atoms with E-state index in [9.17, 15) is 5.11 Å². The summed E-state index contributed by atoms with van der Waals surface area (Å²) < 4.78 is 2.00. The first kappa shape index (κ1) is 13.5. The summed E-state index contributed by atoms with van der Waals surface area (Å²) in [5, 5.41) is 21.2. The van der Waals surface area contributed by atoms with Crippen molar-refractivity contribution < 1.29 is 5.11 Å². The van der Waals surface area contributed by atoms with Crippen LogP contribution in [0.1, 0.15) is 36.8 Å². The van der Waals surface area contributed by atoms with Gasteiger partial charge in [0.2, 0.25) is 0 Å². The van der Waals surface area contributed by atoms with Crippen LogP contribution in [0.4, 0.5) is 0 Å². The highest BCUT2D eigenvalue weighted by atomic mass is 16.3. The van der Waals surface area contributed by atoms with Crippen molar-refractivity contribution in [3.8, 4) is 5.75 Å². The number of phenolic OH excluding ortho intramolecular Hbond substituents is 1. The minimum Gasteiger partial charge on any atom is -0.508 e. The van der Waals surface area contributed by atoms with Gasteiger partial charge < -0.3 is 15.0 Å². The molecule has 0 fully saturated rings. The summed E-state index contributed by atoms with van der Waals surface area (Å²) in [7, 11) is 0. The predicted molar refractivity (Wildman–Crippen MR) is 73.8 cm³/mol. The van der Waals surface area contributed by atoms with Gasteiger partial charge in [0, 0.05) is 18.2 Å². The van der Waals surface area contributed by atoms with Gasteiger partial charge in [-0.25, -0.2) is 0 Å². The molecule has 5 nitrogen and oxygen atoms in total. The van der Waals surface area contributed by atoms with Gasteiger partial charge in [-0.3, -0.25) is 0 Å². The number of aromatic hydroxyl groups is 1. The fourth-order valence-electron chi connectivity index (χ4n) is 2.06. The summed E-state index contributed by atoms with van der Waals surface area (Å²) >= 11 is 0. The number of hydrogen-bond donors (Lipinski definition) is 2. The minimum atomic E-state index is 0.0573. The molecule has 102 valence electrons. The molecule has 19 heavy (non-hydrogen) atoms. The van der Waals surface area contributed by atoms with Crippen molar-refractivity contribution >= 4 is 0 Å². The summed E-state index contributed by atoms with van der Waals surface area (Å²) in [4.78, 5) is 0. The van der Waals surface area contributed by atoms with Gasteiger partial charge in [0.15, 0.2) is 0 Å². The van der Waals surface area contributed by atoms with Gasteiger partial charge in [-0.2, -0.15) is 0 Å². The van der Waals surface area contributed by atoms with E-state index in [1.165, 1.54) is 0 Å². The highest BCUT2D eigenvalue weighted by Gasteiger charge is 2.11. The van der Waals surface area contributed by atoms with E-state index in [0.29, 0.717) is 12.3 Å². The maximum Gasteiger partial charge on any atom is 0.146 e. The minimum absolute atomic E-state index is 0.0573. The molecular formula is C14H20N4O. The first-order valence-corrected chi connectivity index (χ1v) is 6.51. The van der Waals surface area contributed by atoms with Crippen LogP contribution in [0.5, 0.6) is 5.75 Å². The van der Waals surface area contributed by atoms with Crippen molar-refractivity contribution in [2.45, 2.75) is 39.9 Å². The lowest BCUT2D eigenvalue weighted by Gasteiger charge is -2.16. The van der Waals surface area contributed by atoms with Crippen LogP contribution < -0.4 is 5.32 Å². The van der Waals surface area contributed by atoms with Crippen molar-refractivity contribution in [2.24, 2.45) is 0 Å². The second-order valence-electron chi connectivity index (χ2n) is 4.70. The van der Waals surface area contributed by atoms with Crippen LogP contribution in [0.2, 0.25) is 0 Å². The van der Waals surface area contributed by atoms with Gasteiger partial charge >= 0.3 is 0 Å². The molecule has 0 radical (unpaired) electrons. The molecule has 0 spiro atoms. The van der Waals surface area contributed by atoms with E-state index < -0.39 is 0 Å². The molecule has 5 heteroatoms. The maximum absolute atomic E-state index is 9.89. The molecule has 0 saturated carbocycles. The van der Waals surface area contributed by atoms with E-state index in [4.69, 9.17) is 0 Å². The first-order valence-electron chi connectivity index (χ1n) is 6.51. The van der Waals surface area contributed by atoms with Crippen molar-refractivity contribution in [2.75, 3.05) is 0 Å². The molecule has 0 amide bonds. The standard InChI is InChI=1S/C14H20N4O/c1-4-18-9-16-17-14(18)8-15-11(3)12-7-10(2)5-6-13(12)19/h5-7,9,11,15,19H,4,8H2,1-3H3. The van der Waals surface area contributed by atoms with E-state index in [0.717, 1.165) is 23.5 Å². The van der Waals surface area contributed by atoms with Gasteiger partial charge in [-0.15, -0.1) is 10.2 Å². The van der Waals surface area contributed by atoms with E-state index in [1.807, 2.05) is 30.5 Å². The third kappa shape index (κ3) is 3.12. The van der Waals surface area contributed by atoms with Crippen LogP contribution >= 0.6 is 0 Å². The molecule has 1 aromatic carbocycles. The molecule has 1 heterocycles. The number of rotatable bonds is 5. The molecule has 2 N–H and O–H groups in total. The molecular weight excluding hydrogens is 240 g/mol. The fourth-order valence-corrected chi connectivity index (χ4v) is 2.06. The Labute approximate surface area is 113 Å². The average molecular weight is 260 g/mol. The molecule has 1 unspecified atom stereocenters. The summed E-state index contributed by atoms with van der Waals surface area (Å²) in [5.74, 6) is 1.23. The van der Waals surface area contributed by atoms with Gasteiger partial charge in [0.25, 0.3) is 0 Å². The molecule has 2 aromatic rings. The van der Waals surface area contributed by atoms with E-state index in [1.54, 1.807) is 12.4 Å². The zero-order chi connectivity index (χ0) is 13.8.